The molecule has 1 atom stereocenters. The maximum absolute atomic E-state index is 12.8. The largest absolute Gasteiger partial charge is 0.497 e. The third kappa shape index (κ3) is 5.96. The number of fused-ring (bicyclic) bond motifs is 4. The average molecular weight is 550 g/mol. The van der Waals surface area contributed by atoms with E-state index in [9.17, 15) is 23.1 Å². The smallest absolute Gasteiger partial charge is 0.490 e. The molecule has 1 fully saturated rings. The summed E-state index contributed by atoms with van der Waals surface area (Å²) in [5, 5.41) is 17.9. The second kappa shape index (κ2) is 11.5. The summed E-state index contributed by atoms with van der Waals surface area (Å²) in [5.74, 6) is -1.28. The molecule has 0 radical (unpaired) electrons. The van der Waals surface area contributed by atoms with Crippen LogP contribution >= 0.6 is 0 Å². The van der Waals surface area contributed by atoms with Gasteiger partial charge in [-0.25, -0.2) is 4.79 Å². The molecule has 0 saturated carbocycles. The summed E-state index contributed by atoms with van der Waals surface area (Å²) in [5.41, 5.74) is 2.94. The number of benzene rings is 2. The molecule has 1 saturated heterocycles. The first-order valence-corrected chi connectivity index (χ1v) is 12.4. The number of nitrogens with one attached hydrogen (secondary N) is 1. The number of ether oxygens (including phenoxy) is 2. The van der Waals surface area contributed by atoms with Crippen LogP contribution in [-0.2, 0) is 21.5 Å². The summed E-state index contributed by atoms with van der Waals surface area (Å²) in [6.07, 6.45) is -3.51. The van der Waals surface area contributed by atoms with Crippen LogP contribution in [0, 0.1) is 0 Å². The van der Waals surface area contributed by atoms with E-state index in [-0.39, 0.29) is 5.91 Å². The Balaban J connectivity index is 0.000000448. The van der Waals surface area contributed by atoms with E-state index in [1.54, 1.807) is 7.11 Å². The highest BCUT2D eigenvalue weighted by molar-refractivity contribution is 5.88. The summed E-state index contributed by atoms with van der Waals surface area (Å²) >= 11 is 0. The maximum atomic E-state index is 12.8. The number of nitrogens with zero attached hydrogens (tertiary/aromatic N) is 2. The van der Waals surface area contributed by atoms with Crippen LogP contribution in [0.2, 0.25) is 0 Å². The Morgan fingerprint density at radius 2 is 1.82 bits per heavy atom. The number of carboxylic acid groups (broad SMARTS) is 1. The number of rotatable bonds is 6. The molecule has 1 spiro atoms. The Labute approximate surface area is 222 Å². The summed E-state index contributed by atoms with van der Waals surface area (Å²) in [4.78, 5) is 29.5. The van der Waals surface area contributed by atoms with Gasteiger partial charge in [-0.15, -0.1) is 0 Å². The summed E-state index contributed by atoms with van der Waals surface area (Å²) in [6, 6.07) is 15.9. The van der Waals surface area contributed by atoms with E-state index in [0.717, 1.165) is 54.0 Å². The predicted molar refractivity (Wildman–Crippen MR) is 136 cm³/mol. The number of alkyl halides is 3. The zero-order chi connectivity index (χ0) is 28.2. The summed E-state index contributed by atoms with van der Waals surface area (Å²) in [6.45, 7) is 3.08. The minimum Gasteiger partial charge on any atom is -0.497 e. The number of para-hydroxylation sites is 1. The number of carbonyl (C=O) groups is 2. The lowest BCUT2D eigenvalue weighted by atomic mass is 9.83. The lowest BCUT2D eigenvalue weighted by Gasteiger charge is -2.44. The number of aliphatic hydroxyl groups excluding tert-OH is 1. The highest BCUT2D eigenvalue weighted by Gasteiger charge is 2.50. The fraction of sp³-hybridized carbons (Fsp3) is 0.407. The first kappa shape index (κ1) is 28.2. The number of carboxylic acids is 1. The van der Waals surface area contributed by atoms with Gasteiger partial charge in [-0.2, -0.15) is 13.2 Å². The molecule has 2 aliphatic heterocycles. The van der Waals surface area contributed by atoms with E-state index in [0.29, 0.717) is 19.7 Å². The topological polar surface area (TPSA) is 115 Å². The number of carbonyl (C=O) groups excluding carboxylic acids is 1. The number of aromatic amines is 1. The van der Waals surface area contributed by atoms with Crippen LogP contribution < -0.4 is 9.47 Å². The average Bonchev–Trinajstić information content (AvgIpc) is 3.51. The Bertz CT molecular complexity index is 1310. The highest BCUT2D eigenvalue weighted by Crippen LogP contribution is 2.45. The number of aliphatic hydroxyl groups is 1. The van der Waals surface area contributed by atoms with Crippen LogP contribution in [0.15, 0.2) is 48.5 Å². The monoisotopic (exact) mass is 549 g/mol. The number of amides is 1. The molecule has 0 bridgehead atoms. The molecule has 39 heavy (non-hydrogen) atoms. The third-order valence-corrected chi connectivity index (χ3v) is 7.11. The van der Waals surface area contributed by atoms with Gasteiger partial charge in [0.2, 0.25) is 5.91 Å². The van der Waals surface area contributed by atoms with Gasteiger partial charge in [0.15, 0.2) is 0 Å². The van der Waals surface area contributed by atoms with Gasteiger partial charge in [-0.1, -0.05) is 18.2 Å². The minimum absolute atomic E-state index is 0.214. The standard InChI is InChI=1S/C25H29N3O4.C2HF3O2/c1-31-19-7-8-22-21(15-19)20-9-11-28(23(30)16-29)25(24(20)26-22)10-12-27(17-25)13-14-32-18-5-3-2-4-6-18;3-2(4,5)1(6)7/h2-8,15,26,29H,9-14,16-17H2,1H3;(H,6,7). The van der Waals surface area contributed by atoms with Gasteiger partial charge >= 0.3 is 12.1 Å². The minimum atomic E-state index is -5.08. The van der Waals surface area contributed by atoms with Crippen molar-refractivity contribution < 1.29 is 42.4 Å². The van der Waals surface area contributed by atoms with Gasteiger partial charge < -0.3 is 29.6 Å². The van der Waals surface area contributed by atoms with Crippen molar-refractivity contribution in [2.75, 3.05) is 46.5 Å². The van der Waals surface area contributed by atoms with E-state index in [1.807, 2.05) is 47.4 Å². The fourth-order valence-electron chi connectivity index (χ4n) is 5.33. The van der Waals surface area contributed by atoms with Crippen molar-refractivity contribution in [2.45, 2.75) is 24.6 Å². The van der Waals surface area contributed by atoms with E-state index < -0.39 is 24.3 Å². The van der Waals surface area contributed by atoms with Crippen LogP contribution in [0.3, 0.4) is 0 Å². The number of halogens is 3. The third-order valence-electron chi connectivity index (χ3n) is 7.11. The normalized spacial score (nSPS) is 18.9. The van der Waals surface area contributed by atoms with Crippen molar-refractivity contribution in [3.05, 3.63) is 59.8 Å². The van der Waals surface area contributed by atoms with Crippen molar-refractivity contribution in [1.29, 1.82) is 0 Å². The SMILES string of the molecule is COc1ccc2[nH]c3c(c2c1)CCN(C(=O)CO)C31CCN(CCOc2ccccc2)C1.O=C(O)C(F)(F)F. The van der Waals surface area contributed by atoms with E-state index in [2.05, 4.69) is 16.0 Å². The Kier molecular flexibility index (Phi) is 8.36. The van der Waals surface area contributed by atoms with Gasteiger partial charge in [0, 0.05) is 42.8 Å². The van der Waals surface area contributed by atoms with Gasteiger partial charge in [0.1, 0.15) is 24.7 Å². The molecule has 1 unspecified atom stereocenters. The molecule has 3 heterocycles. The Morgan fingerprint density at radius 3 is 2.46 bits per heavy atom. The number of H-pyrrole nitrogens is 1. The Morgan fingerprint density at radius 1 is 1.10 bits per heavy atom. The molecular weight excluding hydrogens is 519 g/mol. The van der Waals surface area contributed by atoms with Crippen LogP contribution in [0.5, 0.6) is 11.5 Å². The van der Waals surface area contributed by atoms with E-state index in [4.69, 9.17) is 19.4 Å². The van der Waals surface area contributed by atoms with Crippen molar-refractivity contribution in [3.8, 4) is 11.5 Å². The summed E-state index contributed by atoms with van der Waals surface area (Å²) in [7, 11) is 1.68. The van der Waals surface area contributed by atoms with E-state index in [1.165, 1.54) is 5.56 Å². The van der Waals surface area contributed by atoms with Crippen LogP contribution in [0.4, 0.5) is 13.2 Å². The molecule has 5 rings (SSSR count). The zero-order valence-electron chi connectivity index (χ0n) is 21.3. The second-order valence-electron chi connectivity index (χ2n) is 9.37. The quantitative estimate of drug-likeness (QED) is 0.433. The van der Waals surface area contributed by atoms with E-state index >= 15 is 0 Å². The first-order valence-electron chi connectivity index (χ1n) is 12.4. The predicted octanol–water partition coefficient (Wildman–Crippen LogP) is 3.17. The molecule has 3 aromatic rings. The van der Waals surface area contributed by atoms with Crippen molar-refractivity contribution in [3.63, 3.8) is 0 Å². The van der Waals surface area contributed by atoms with Crippen molar-refractivity contribution in [2.24, 2.45) is 0 Å². The molecule has 9 nitrogen and oxygen atoms in total. The number of hydrogen-bond donors (Lipinski definition) is 3. The molecule has 3 N–H and O–H groups in total. The molecule has 0 aliphatic carbocycles. The van der Waals surface area contributed by atoms with Crippen molar-refractivity contribution >= 4 is 22.8 Å². The molecule has 2 aliphatic rings. The molecule has 1 amide bonds. The lowest BCUT2D eigenvalue weighted by Crippen LogP contribution is -2.55. The van der Waals surface area contributed by atoms with Gasteiger partial charge in [-0.3, -0.25) is 9.69 Å². The zero-order valence-corrected chi connectivity index (χ0v) is 21.3. The van der Waals surface area contributed by atoms with Gasteiger partial charge in [-0.05, 0) is 48.7 Å². The van der Waals surface area contributed by atoms with Crippen LogP contribution in [0.1, 0.15) is 17.7 Å². The van der Waals surface area contributed by atoms with Crippen molar-refractivity contribution in [1.82, 2.24) is 14.8 Å². The van der Waals surface area contributed by atoms with Gasteiger partial charge in [0.05, 0.1) is 12.6 Å². The lowest BCUT2D eigenvalue weighted by molar-refractivity contribution is -0.192. The number of aliphatic carboxylic acids is 1. The van der Waals surface area contributed by atoms with Crippen LogP contribution in [-0.4, -0.2) is 89.6 Å². The Hall–Kier alpha value is -3.77. The number of aromatic nitrogens is 1. The van der Waals surface area contributed by atoms with Crippen LogP contribution in [0.25, 0.3) is 10.9 Å². The first-order chi connectivity index (χ1) is 18.6. The molecular formula is C27H30F3N3O6. The second-order valence-corrected chi connectivity index (χ2v) is 9.37. The van der Waals surface area contributed by atoms with Gasteiger partial charge in [0.25, 0.3) is 0 Å². The molecule has 2 aromatic carbocycles. The fourth-order valence-corrected chi connectivity index (χ4v) is 5.33. The maximum Gasteiger partial charge on any atom is 0.490 e. The number of likely N-dealkylation sites (tertiary alicyclic amines) is 1. The highest BCUT2D eigenvalue weighted by atomic mass is 19.4. The molecule has 210 valence electrons. The number of hydrogen-bond acceptors (Lipinski definition) is 6. The molecule has 12 heteroatoms. The molecule has 1 aromatic heterocycles. The number of methoxy groups -OCH3 is 1. The summed E-state index contributed by atoms with van der Waals surface area (Å²) < 4.78 is 43.1.